The summed E-state index contributed by atoms with van der Waals surface area (Å²) in [5.74, 6) is -2.77. The molecule has 5 nitrogen and oxygen atoms in total. The Bertz CT molecular complexity index is 1120. The van der Waals surface area contributed by atoms with Gasteiger partial charge < -0.3 is 5.32 Å². The molecule has 0 aliphatic carbocycles. The molecule has 0 saturated carbocycles. The van der Waals surface area contributed by atoms with Gasteiger partial charge in [-0.1, -0.05) is 52.3 Å². The highest BCUT2D eigenvalue weighted by Gasteiger charge is 2.27. The second kappa shape index (κ2) is 9.46. The van der Waals surface area contributed by atoms with Crippen LogP contribution >= 0.6 is 15.9 Å². The molecule has 0 saturated heterocycles. The molecule has 0 fully saturated rings. The lowest BCUT2D eigenvalue weighted by Gasteiger charge is -2.22. The minimum absolute atomic E-state index is 0.00647. The highest BCUT2D eigenvalue weighted by atomic mass is 79.9. The molecular weight excluding hydrogens is 478 g/mol. The second-order valence-electron chi connectivity index (χ2n) is 6.36. The summed E-state index contributed by atoms with van der Waals surface area (Å²) < 4.78 is 55.7. The lowest BCUT2D eigenvalue weighted by atomic mass is 10.2. The van der Waals surface area contributed by atoms with Crippen LogP contribution < -0.4 is 5.32 Å². The number of hydrogen-bond acceptors (Lipinski definition) is 3. The van der Waals surface area contributed by atoms with Gasteiger partial charge in [-0.3, -0.25) is 4.79 Å². The van der Waals surface area contributed by atoms with Gasteiger partial charge in [0.15, 0.2) is 0 Å². The summed E-state index contributed by atoms with van der Waals surface area (Å²) in [6, 6.07) is 17.7. The van der Waals surface area contributed by atoms with E-state index in [9.17, 15) is 22.0 Å². The predicted molar refractivity (Wildman–Crippen MR) is 113 cm³/mol. The van der Waals surface area contributed by atoms with E-state index in [1.165, 1.54) is 18.2 Å². The van der Waals surface area contributed by atoms with Gasteiger partial charge in [0.2, 0.25) is 15.9 Å². The van der Waals surface area contributed by atoms with E-state index in [-0.39, 0.29) is 11.4 Å². The zero-order chi connectivity index (χ0) is 21.7. The normalized spacial score (nSPS) is 11.5. The fraction of sp³-hybridized carbons (Fsp3) is 0.0952. The van der Waals surface area contributed by atoms with Gasteiger partial charge in [-0.25, -0.2) is 17.2 Å². The lowest BCUT2D eigenvalue weighted by molar-refractivity contribution is -0.116. The van der Waals surface area contributed by atoms with Crippen molar-refractivity contribution in [1.29, 1.82) is 0 Å². The zero-order valence-electron chi connectivity index (χ0n) is 15.6. The summed E-state index contributed by atoms with van der Waals surface area (Å²) in [5, 5.41) is 2.12. The molecule has 3 aromatic rings. The van der Waals surface area contributed by atoms with Gasteiger partial charge >= 0.3 is 0 Å². The summed E-state index contributed by atoms with van der Waals surface area (Å²) in [6.45, 7) is -0.723. The maximum atomic E-state index is 13.8. The fourth-order valence-electron chi connectivity index (χ4n) is 2.72. The number of carbonyl (C=O) groups is 1. The number of anilines is 1. The predicted octanol–water partition coefficient (Wildman–Crippen LogP) is 4.56. The van der Waals surface area contributed by atoms with E-state index in [1.807, 2.05) is 0 Å². The number of amides is 1. The Hall–Kier alpha value is -2.62. The lowest BCUT2D eigenvalue weighted by Crippen LogP contribution is -2.37. The summed E-state index contributed by atoms with van der Waals surface area (Å²) in [6.07, 6.45) is 0. The van der Waals surface area contributed by atoms with E-state index in [2.05, 4.69) is 21.2 Å². The first-order chi connectivity index (χ1) is 14.3. The number of nitrogens with zero attached hydrogens (tertiary/aromatic N) is 1. The minimum atomic E-state index is -4.04. The molecule has 0 aliphatic rings. The maximum Gasteiger partial charge on any atom is 0.243 e. The number of halogens is 3. The maximum absolute atomic E-state index is 13.8. The van der Waals surface area contributed by atoms with Gasteiger partial charge in [-0.2, -0.15) is 4.31 Å². The Kier molecular flexibility index (Phi) is 6.96. The van der Waals surface area contributed by atoms with E-state index < -0.39 is 39.8 Å². The summed E-state index contributed by atoms with van der Waals surface area (Å²) in [5.41, 5.74) is 0.0192. The average molecular weight is 495 g/mol. The van der Waals surface area contributed by atoms with E-state index in [0.717, 1.165) is 20.9 Å². The van der Waals surface area contributed by atoms with E-state index >= 15 is 0 Å². The van der Waals surface area contributed by atoms with E-state index in [4.69, 9.17) is 0 Å². The molecule has 0 radical (unpaired) electrons. The average Bonchev–Trinajstić information content (AvgIpc) is 2.72. The zero-order valence-corrected chi connectivity index (χ0v) is 18.0. The molecule has 0 aliphatic heterocycles. The Morgan fingerprint density at radius 3 is 2.10 bits per heavy atom. The molecule has 156 valence electrons. The van der Waals surface area contributed by atoms with Crippen LogP contribution in [0.15, 0.2) is 82.2 Å². The fourth-order valence-corrected chi connectivity index (χ4v) is 4.39. The van der Waals surface area contributed by atoms with Crippen molar-refractivity contribution in [3.8, 4) is 0 Å². The number of nitrogens with one attached hydrogen (secondary N) is 1. The summed E-state index contributed by atoms with van der Waals surface area (Å²) >= 11 is 3.31. The van der Waals surface area contributed by atoms with Crippen molar-refractivity contribution >= 4 is 37.5 Å². The van der Waals surface area contributed by atoms with Crippen LogP contribution in [0, 0.1) is 11.6 Å². The van der Waals surface area contributed by atoms with Crippen LogP contribution in [0.2, 0.25) is 0 Å². The van der Waals surface area contributed by atoms with Gasteiger partial charge in [0.25, 0.3) is 0 Å². The third kappa shape index (κ3) is 5.29. The smallest absolute Gasteiger partial charge is 0.243 e. The Morgan fingerprint density at radius 2 is 1.50 bits per heavy atom. The van der Waals surface area contributed by atoms with E-state index in [0.29, 0.717) is 5.56 Å². The van der Waals surface area contributed by atoms with Gasteiger partial charge in [0.05, 0.1) is 11.4 Å². The number of sulfonamides is 1. The molecule has 0 spiro atoms. The highest BCUT2D eigenvalue weighted by molar-refractivity contribution is 9.10. The van der Waals surface area contributed by atoms with Crippen molar-refractivity contribution in [1.82, 2.24) is 4.31 Å². The monoisotopic (exact) mass is 494 g/mol. The van der Waals surface area contributed by atoms with E-state index in [1.54, 1.807) is 42.5 Å². The van der Waals surface area contributed by atoms with Gasteiger partial charge in [0.1, 0.15) is 17.3 Å². The van der Waals surface area contributed by atoms with Crippen LogP contribution in [0.4, 0.5) is 14.5 Å². The van der Waals surface area contributed by atoms with Crippen LogP contribution in [0.5, 0.6) is 0 Å². The second-order valence-corrected chi connectivity index (χ2v) is 9.21. The molecule has 1 N–H and O–H groups in total. The van der Waals surface area contributed by atoms with Gasteiger partial charge in [0, 0.05) is 11.0 Å². The highest BCUT2D eigenvalue weighted by Crippen LogP contribution is 2.21. The van der Waals surface area contributed by atoms with Crippen LogP contribution in [0.25, 0.3) is 0 Å². The molecule has 9 heteroatoms. The molecule has 3 rings (SSSR count). The quantitative estimate of drug-likeness (QED) is 0.523. The van der Waals surface area contributed by atoms with Gasteiger partial charge in [-0.05, 0) is 42.0 Å². The van der Waals surface area contributed by atoms with Crippen LogP contribution in [0.3, 0.4) is 0 Å². The first-order valence-electron chi connectivity index (χ1n) is 8.81. The molecule has 0 unspecified atom stereocenters. The van der Waals surface area contributed by atoms with Crippen molar-refractivity contribution < 1.29 is 22.0 Å². The van der Waals surface area contributed by atoms with Crippen LogP contribution in [-0.4, -0.2) is 25.2 Å². The topological polar surface area (TPSA) is 66.5 Å². The Labute approximate surface area is 181 Å². The minimum Gasteiger partial charge on any atom is -0.320 e. The van der Waals surface area contributed by atoms with Crippen molar-refractivity contribution in [2.45, 2.75) is 11.4 Å². The summed E-state index contributed by atoms with van der Waals surface area (Å²) in [7, 11) is -4.04. The Morgan fingerprint density at radius 1 is 0.900 bits per heavy atom. The van der Waals surface area contributed by atoms with Crippen molar-refractivity contribution in [2.24, 2.45) is 0 Å². The number of carbonyl (C=O) groups excluding carboxylic acids is 1. The molecule has 3 aromatic carbocycles. The van der Waals surface area contributed by atoms with Gasteiger partial charge in [-0.15, -0.1) is 0 Å². The molecule has 1 amide bonds. The van der Waals surface area contributed by atoms with Crippen LogP contribution in [-0.2, 0) is 21.4 Å². The molecule has 0 atom stereocenters. The molecule has 0 aromatic heterocycles. The van der Waals surface area contributed by atoms with Crippen molar-refractivity contribution in [3.63, 3.8) is 0 Å². The van der Waals surface area contributed by atoms with Crippen molar-refractivity contribution in [3.05, 3.63) is 94.5 Å². The number of rotatable bonds is 7. The standard InChI is InChI=1S/C21H17BrF2N2O3S/c22-16-11-9-15(10-12-16)13-26(30(28,29)17-5-2-1-3-6-17)14-20(27)25-21-18(23)7-4-8-19(21)24/h1-12H,13-14H2,(H,25,27). The molecule has 0 bridgehead atoms. The first-order valence-corrected chi connectivity index (χ1v) is 11.0. The number of hydrogen-bond donors (Lipinski definition) is 1. The third-order valence-corrected chi connectivity index (χ3v) is 6.53. The number of benzene rings is 3. The third-order valence-electron chi connectivity index (χ3n) is 4.20. The first kappa shape index (κ1) is 22.1. The molecule has 30 heavy (non-hydrogen) atoms. The summed E-state index contributed by atoms with van der Waals surface area (Å²) in [4.78, 5) is 12.5. The Balaban J connectivity index is 1.89. The van der Waals surface area contributed by atoms with Crippen LogP contribution in [0.1, 0.15) is 5.56 Å². The largest absolute Gasteiger partial charge is 0.320 e. The molecule has 0 heterocycles. The SMILES string of the molecule is O=C(CN(Cc1ccc(Br)cc1)S(=O)(=O)c1ccccc1)Nc1c(F)cccc1F. The number of para-hydroxylation sites is 1. The molecular formula is C21H17BrF2N2O3S. The van der Waals surface area contributed by atoms with Crippen molar-refractivity contribution in [2.75, 3.05) is 11.9 Å².